The molecular formula is C14H17N. The Hall–Kier alpha value is -1.50. The smallest absolute Gasteiger partial charge is 0.0196 e. The minimum absolute atomic E-state index is 1.00. The summed E-state index contributed by atoms with van der Waals surface area (Å²) in [6.45, 7) is 4.36. The summed E-state index contributed by atoms with van der Waals surface area (Å²) in [7, 11) is 0. The number of aromatic amines is 1. The van der Waals surface area contributed by atoms with Gasteiger partial charge in [0, 0.05) is 17.8 Å². The van der Waals surface area contributed by atoms with E-state index >= 15 is 0 Å². The molecule has 1 heterocycles. The van der Waals surface area contributed by atoms with E-state index in [1.54, 1.807) is 0 Å². The van der Waals surface area contributed by atoms with Crippen LogP contribution in [0.1, 0.15) is 29.4 Å². The average molecular weight is 199 g/mol. The molecule has 0 atom stereocenters. The summed E-state index contributed by atoms with van der Waals surface area (Å²) in [4.78, 5) is 3.48. The van der Waals surface area contributed by atoms with Gasteiger partial charge in [0.15, 0.2) is 0 Å². The summed E-state index contributed by atoms with van der Waals surface area (Å²) in [5, 5.41) is 0. The molecule has 0 aliphatic carbocycles. The van der Waals surface area contributed by atoms with Crippen molar-refractivity contribution in [2.24, 2.45) is 0 Å². The monoisotopic (exact) mass is 199 g/mol. The summed E-state index contributed by atoms with van der Waals surface area (Å²) in [5.74, 6) is 0. The molecule has 78 valence electrons. The molecule has 1 aromatic heterocycles. The molecule has 1 heteroatoms. The molecule has 1 nitrogen and oxygen atoms in total. The van der Waals surface area contributed by atoms with Crippen molar-refractivity contribution in [3.05, 3.63) is 58.9 Å². The third kappa shape index (κ3) is 2.30. The lowest BCUT2D eigenvalue weighted by Crippen LogP contribution is -1.88. The number of benzene rings is 1. The van der Waals surface area contributed by atoms with Crippen LogP contribution < -0.4 is 0 Å². The number of nitrogens with one attached hydrogen (secondary N) is 1. The van der Waals surface area contributed by atoms with Crippen LogP contribution in [0.15, 0.2) is 36.4 Å². The van der Waals surface area contributed by atoms with Gasteiger partial charge in [-0.25, -0.2) is 0 Å². The molecule has 0 saturated carbocycles. The van der Waals surface area contributed by atoms with E-state index in [4.69, 9.17) is 0 Å². The fourth-order valence-electron chi connectivity index (χ4n) is 1.96. The largest absolute Gasteiger partial charge is 0.362 e. The first-order valence-corrected chi connectivity index (χ1v) is 5.51. The van der Waals surface area contributed by atoms with Crippen LogP contribution in [-0.2, 0) is 12.8 Å². The Morgan fingerprint density at radius 2 is 1.87 bits per heavy atom. The van der Waals surface area contributed by atoms with E-state index in [2.05, 4.69) is 55.2 Å². The minimum atomic E-state index is 1.00. The van der Waals surface area contributed by atoms with Crippen LogP contribution >= 0.6 is 0 Å². The van der Waals surface area contributed by atoms with Crippen LogP contribution in [0.25, 0.3) is 0 Å². The quantitative estimate of drug-likeness (QED) is 0.779. The van der Waals surface area contributed by atoms with E-state index in [1.165, 1.54) is 22.5 Å². The fraction of sp³-hybridized carbons (Fsp3) is 0.286. The van der Waals surface area contributed by atoms with Gasteiger partial charge in [-0.2, -0.15) is 0 Å². The number of hydrogen-bond acceptors (Lipinski definition) is 0. The Morgan fingerprint density at radius 1 is 1.13 bits per heavy atom. The first-order chi connectivity index (χ1) is 7.29. The number of aromatic nitrogens is 1. The molecule has 0 fully saturated rings. The van der Waals surface area contributed by atoms with Gasteiger partial charge in [0.2, 0.25) is 0 Å². The maximum Gasteiger partial charge on any atom is 0.0196 e. The molecule has 15 heavy (non-hydrogen) atoms. The lowest BCUT2D eigenvalue weighted by molar-refractivity contribution is 1.00. The highest BCUT2D eigenvalue weighted by molar-refractivity contribution is 5.29. The van der Waals surface area contributed by atoms with Crippen molar-refractivity contribution in [3.8, 4) is 0 Å². The molecule has 0 amide bonds. The highest BCUT2D eigenvalue weighted by Crippen LogP contribution is 2.14. The molecule has 0 bridgehead atoms. The molecule has 0 spiro atoms. The Bertz CT molecular complexity index is 426. The third-order valence-corrected chi connectivity index (χ3v) is 2.77. The first kappa shape index (κ1) is 10.0. The van der Waals surface area contributed by atoms with Crippen molar-refractivity contribution in [2.45, 2.75) is 26.7 Å². The maximum absolute atomic E-state index is 3.48. The summed E-state index contributed by atoms with van der Waals surface area (Å²) in [5.41, 5.74) is 5.42. The van der Waals surface area contributed by atoms with Gasteiger partial charge < -0.3 is 4.98 Å². The Morgan fingerprint density at radius 3 is 2.47 bits per heavy atom. The van der Waals surface area contributed by atoms with Gasteiger partial charge in [-0.05, 0) is 30.5 Å². The molecule has 0 aliphatic rings. The van der Waals surface area contributed by atoms with Gasteiger partial charge in [-0.15, -0.1) is 0 Å². The van der Waals surface area contributed by atoms with Crippen molar-refractivity contribution >= 4 is 0 Å². The molecule has 2 rings (SSSR count). The summed E-state index contributed by atoms with van der Waals surface area (Å²) < 4.78 is 0. The molecule has 0 saturated heterocycles. The minimum Gasteiger partial charge on any atom is -0.362 e. The van der Waals surface area contributed by atoms with Gasteiger partial charge in [0.1, 0.15) is 0 Å². The lowest BCUT2D eigenvalue weighted by atomic mass is 10.1. The second-order valence-electron chi connectivity index (χ2n) is 3.97. The van der Waals surface area contributed by atoms with E-state index < -0.39 is 0 Å². The van der Waals surface area contributed by atoms with Crippen LogP contribution in [0.4, 0.5) is 0 Å². The standard InChI is InChI=1S/C14H17N/c1-3-14-11(2)9-13(15-14)10-12-7-5-4-6-8-12/h4-9,15H,3,10H2,1-2H3. The Labute approximate surface area is 91.2 Å². The second-order valence-corrected chi connectivity index (χ2v) is 3.97. The van der Waals surface area contributed by atoms with Crippen LogP contribution in [0.3, 0.4) is 0 Å². The van der Waals surface area contributed by atoms with Gasteiger partial charge in [0.05, 0.1) is 0 Å². The summed E-state index contributed by atoms with van der Waals surface area (Å²) in [6.07, 6.45) is 2.09. The third-order valence-electron chi connectivity index (χ3n) is 2.77. The SMILES string of the molecule is CCc1[nH]c(Cc2ccccc2)cc1C. The normalized spacial score (nSPS) is 10.5. The molecule has 0 unspecified atom stereocenters. The summed E-state index contributed by atoms with van der Waals surface area (Å²) >= 11 is 0. The Balaban J connectivity index is 2.18. The number of rotatable bonds is 3. The van der Waals surface area contributed by atoms with Crippen molar-refractivity contribution in [1.82, 2.24) is 4.98 Å². The van der Waals surface area contributed by atoms with Gasteiger partial charge in [-0.3, -0.25) is 0 Å². The number of aryl methyl sites for hydroxylation is 2. The van der Waals surface area contributed by atoms with E-state index in [-0.39, 0.29) is 0 Å². The van der Waals surface area contributed by atoms with E-state index in [1.807, 2.05) is 0 Å². The average Bonchev–Trinajstić information content (AvgIpc) is 2.60. The highest BCUT2D eigenvalue weighted by Gasteiger charge is 2.02. The van der Waals surface area contributed by atoms with Crippen LogP contribution in [0.5, 0.6) is 0 Å². The van der Waals surface area contributed by atoms with Gasteiger partial charge >= 0.3 is 0 Å². The van der Waals surface area contributed by atoms with Crippen molar-refractivity contribution in [3.63, 3.8) is 0 Å². The first-order valence-electron chi connectivity index (χ1n) is 5.51. The predicted molar refractivity (Wildman–Crippen MR) is 64.2 cm³/mol. The maximum atomic E-state index is 3.48. The predicted octanol–water partition coefficient (Wildman–Crippen LogP) is 3.48. The topological polar surface area (TPSA) is 15.8 Å². The van der Waals surface area contributed by atoms with E-state index in [9.17, 15) is 0 Å². The number of H-pyrrole nitrogens is 1. The molecule has 1 aromatic carbocycles. The molecule has 0 radical (unpaired) electrons. The molecular weight excluding hydrogens is 182 g/mol. The van der Waals surface area contributed by atoms with Crippen LogP contribution in [0, 0.1) is 6.92 Å². The zero-order chi connectivity index (χ0) is 10.7. The van der Waals surface area contributed by atoms with Gasteiger partial charge in [-0.1, -0.05) is 37.3 Å². The van der Waals surface area contributed by atoms with Gasteiger partial charge in [0.25, 0.3) is 0 Å². The van der Waals surface area contributed by atoms with Crippen molar-refractivity contribution in [2.75, 3.05) is 0 Å². The van der Waals surface area contributed by atoms with E-state index in [0.29, 0.717) is 0 Å². The van der Waals surface area contributed by atoms with Crippen LogP contribution in [0.2, 0.25) is 0 Å². The zero-order valence-electron chi connectivity index (χ0n) is 9.38. The lowest BCUT2D eigenvalue weighted by Gasteiger charge is -1.98. The van der Waals surface area contributed by atoms with Crippen LogP contribution in [-0.4, -0.2) is 4.98 Å². The second kappa shape index (κ2) is 4.35. The molecule has 0 aliphatic heterocycles. The zero-order valence-corrected chi connectivity index (χ0v) is 9.38. The fourth-order valence-corrected chi connectivity index (χ4v) is 1.96. The molecule has 2 aromatic rings. The number of hydrogen-bond donors (Lipinski definition) is 1. The highest BCUT2D eigenvalue weighted by atomic mass is 14.7. The van der Waals surface area contributed by atoms with Crippen molar-refractivity contribution < 1.29 is 0 Å². The summed E-state index contributed by atoms with van der Waals surface area (Å²) in [6, 6.07) is 12.8. The Kier molecular flexibility index (Phi) is 2.91. The van der Waals surface area contributed by atoms with Crippen molar-refractivity contribution in [1.29, 1.82) is 0 Å². The van der Waals surface area contributed by atoms with E-state index in [0.717, 1.165) is 12.8 Å². The molecule has 1 N–H and O–H groups in total.